The van der Waals surface area contributed by atoms with Gasteiger partial charge in [0.05, 0.1) is 25.2 Å². The third-order valence-electron chi connectivity index (χ3n) is 5.24. The summed E-state index contributed by atoms with van der Waals surface area (Å²) in [5, 5.41) is 20.0. The summed E-state index contributed by atoms with van der Waals surface area (Å²) in [4.78, 5) is 37.3. The van der Waals surface area contributed by atoms with E-state index in [9.17, 15) is 20.0 Å². The van der Waals surface area contributed by atoms with Crippen molar-refractivity contribution in [3.63, 3.8) is 0 Å². The molecule has 0 radical (unpaired) electrons. The largest absolute Gasteiger partial charge is 0.395 e. The van der Waals surface area contributed by atoms with E-state index < -0.39 is 48.5 Å². The molecule has 174 valence electrons. The van der Waals surface area contributed by atoms with E-state index in [2.05, 4.69) is 6.92 Å². The molecule has 0 amide bonds. The van der Waals surface area contributed by atoms with Crippen molar-refractivity contribution in [1.29, 1.82) is 0 Å². The molecule has 8 nitrogen and oxygen atoms in total. The van der Waals surface area contributed by atoms with Crippen molar-refractivity contribution in [3.05, 3.63) is 35.4 Å². The van der Waals surface area contributed by atoms with Crippen LogP contribution in [-0.4, -0.2) is 49.6 Å². The van der Waals surface area contributed by atoms with Gasteiger partial charge in [-0.25, -0.2) is 0 Å². The predicted molar refractivity (Wildman–Crippen MR) is 117 cm³/mol. The average molecular weight is 466 g/mol. The summed E-state index contributed by atoms with van der Waals surface area (Å²) in [7, 11) is -5.51. The maximum atomic E-state index is 10.0. The third kappa shape index (κ3) is 9.49. The highest BCUT2D eigenvalue weighted by Crippen LogP contribution is 2.47. The molecule has 1 unspecified atom stereocenters. The Hall–Kier alpha value is -0.240. The number of unbranched alkanes of at least 4 members (excludes halogenated alkanes) is 6. The Bertz CT molecular complexity index is 569. The Morgan fingerprint density at radius 2 is 1.47 bits per heavy atom. The van der Waals surface area contributed by atoms with Gasteiger partial charge >= 0.3 is 17.2 Å². The smallest absolute Gasteiger partial charge is 0.327 e. The van der Waals surface area contributed by atoms with Crippen LogP contribution in [0, 0.1) is 5.41 Å². The second-order valence-electron chi connectivity index (χ2n) is 7.51. The minimum atomic E-state index is -2.80. The Morgan fingerprint density at radius 1 is 0.867 bits per heavy atom. The first-order chi connectivity index (χ1) is 14.4. The lowest BCUT2D eigenvalue weighted by Gasteiger charge is -2.38. The number of rotatable bonds is 17. The van der Waals surface area contributed by atoms with Gasteiger partial charge in [0.1, 0.15) is 6.10 Å². The molecule has 0 heterocycles. The molecule has 0 aliphatic heterocycles. The summed E-state index contributed by atoms with van der Waals surface area (Å²) in [6.07, 6.45) is 7.72. The third-order valence-corrected chi connectivity index (χ3v) is 6.00. The fourth-order valence-corrected chi connectivity index (χ4v) is 4.35. The molecule has 1 aromatic rings. The summed E-state index contributed by atoms with van der Waals surface area (Å²) in [6.45, 7) is 0.517. The number of aryl methyl sites for hydroxylation is 1. The van der Waals surface area contributed by atoms with Gasteiger partial charge in [0.25, 0.3) is 0 Å². The number of aliphatic hydroxyl groups excluding tert-OH is 2. The summed E-state index contributed by atoms with van der Waals surface area (Å²) >= 11 is 0. The van der Waals surface area contributed by atoms with Crippen molar-refractivity contribution in [2.24, 2.45) is 5.41 Å². The Morgan fingerprint density at radius 3 is 2.03 bits per heavy atom. The zero-order valence-electron chi connectivity index (χ0n) is 17.6. The molecule has 0 aromatic heterocycles. The molecule has 1 rings (SSSR count). The molecule has 6 N–H and O–H groups in total. The maximum Gasteiger partial charge on any atom is 0.327 e. The van der Waals surface area contributed by atoms with Crippen molar-refractivity contribution in [2.75, 3.05) is 19.8 Å². The van der Waals surface area contributed by atoms with Gasteiger partial charge in [0.15, 0.2) is 0 Å². The van der Waals surface area contributed by atoms with E-state index >= 15 is 0 Å². The normalized spacial score (nSPS) is 13.4. The Balaban J connectivity index is 2.99. The van der Waals surface area contributed by atoms with Crippen LogP contribution in [0.25, 0.3) is 0 Å². The highest BCUT2D eigenvalue weighted by atomic mass is 31.2. The zero-order valence-corrected chi connectivity index (χ0v) is 19.3. The van der Waals surface area contributed by atoms with Crippen LogP contribution in [-0.2, 0) is 15.5 Å². The number of benzene rings is 1. The van der Waals surface area contributed by atoms with E-state index in [0.29, 0.717) is 5.56 Å². The van der Waals surface area contributed by atoms with Crippen LogP contribution in [0.2, 0.25) is 0 Å². The van der Waals surface area contributed by atoms with Crippen LogP contribution in [0.15, 0.2) is 24.3 Å². The van der Waals surface area contributed by atoms with Gasteiger partial charge in [-0.2, -0.15) is 0 Å². The van der Waals surface area contributed by atoms with Crippen LogP contribution in [0.1, 0.15) is 69.1 Å². The topological polar surface area (TPSA) is 140 Å². The minimum absolute atomic E-state index is 0.432. The van der Waals surface area contributed by atoms with Gasteiger partial charge < -0.3 is 38.8 Å². The van der Waals surface area contributed by atoms with Gasteiger partial charge in [-0.15, -0.1) is 0 Å². The van der Waals surface area contributed by atoms with Crippen LogP contribution in [0.5, 0.6) is 0 Å². The van der Waals surface area contributed by atoms with Crippen LogP contribution in [0.3, 0.4) is 0 Å². The summed E-state index contributed by atoms with van der Waals surface area (Å²) in [6, 6.07) is 7.29. The molecule has 1 aromatic carbocycles. The van der Waals surface area contributed by atoms with Crippen LogP contribution < -0.4 is 0 Å². The van der Waals surface area contributed by atoms with E-state index in [1.54, 1.807) is 12.1 Å². The second kappa shape index (κ2) is 15.5. The number of hydrogen-bond acceptors (Lipinski definition) is 8. The molecule has 0 saturated carbocycles. The molecule has 0 bridgehead atoms. The van der Waals surface area contributed by atoms with Crippen molar-refractivity contribution < 1.29 is 38.8 Å². The first-order valence-corrected chi connectivity index (χ1v) is 12.7. The number of aliphatic hydroxyl groups is 2. The highest BCUT2D eigenvalue weighted by Gasteiger charge is 2.43. The molecular weight excluding hydrogens is 430 g/mol. The number of hydrogen-bond donors (Lipinski definition) is 6. The second-order valence-corrected chi connectivity index (χ2v) is 8.99. The van der Waals surface area contributed by atoms with E-state index in [4.69, 9.17) is 18.8 Å². The maximum absolute atomic E-state index is 10.0. The molecule has 0 aliphatic rings. The molecular formula is C20H36O8P2. The van der Waals surface area contributed by atoms with Gasteiger partial charge in [0, 0.05) is 0 Å². The van der Waals surface area contributed by atoms with Crippen molar-refractivity contribution >= 4 is 17.2 Å². The molecule has 10 heteroatoms. The molecule has 0 spiro atoms. The van der Waals surface area contributed by atoms with Crippen molar-refractivity contribution in [2.45, 2.75) is 64.4 Å². The molecule has 0 aliphatic carbocycles. The monoisotopic (exact) mass is 466 g/mol. The van der Waals surface area contributed by atoms with Gasteiger partial charge in [0.2, 0.25) is 0 Å². The fraction of sp³-hybridized carbons (Fsp3) is 0.700. The lowest BCUT2D eigenvalue weighted by atomic mass is 9.79. The molecule has 1 atom stereocenters. The standard InChI is InChI=1S/C20H36O8P2/c1-2-3-4-5-6-7-8-11-17-12-9-10-13-18(17)19(28-30(25)26)20(14-21,15-22)16-27-29(23)24/h9-10,12-13,19,21-26H,2-8,11,14-16H2,1H3. The SMILES string of the molecule is CCCCCCCCCc1ccccc1C(OP(O)O)C(CO)(CO)COP(O)O. The molecule has 30 heavy (non-hydrogen) atoms. The van der Waals surface area contributed by atoms with Crippen molar-refractivity contribution in [3.8, 4) is 0 Å². The van der Waals surface area contributed by atoms with Crippen LogP contribution >= 0.6 is 17.2 Å². The van der Waals surface area contributed by atoms with Crippen LogP contribution in [0.4, 0.5) is 0 Å². The first kappa shape index (κ1) is 27.8. The van der Waals surface area contributed by atoms with Gasteiger partial charge in [-0.1, -0.05) is 69.7 Å². The van der Waals surface area contributed by atoms with E-state index in [0.717, 1.165) is 31.2 Å². The lowest BCUT2D eigenvalue weighted by molar-refractivity contribution is -0.0729. The highest BCUT2D eigenvalue weighted by molar-refractivity contribution is 7.39. The molecule has 0 saturated heterocycles. The van der Waals surface area contributed by atoms with Gasteiger partial charge in [-0.3, -0.25) is 0 Å². The predicted octanol–water partition coefficient (Wildman–Crippen LogP) is 3.45. The zero-order chi connectivity index (χ0) is 22.4. The Kier molecular flexibility index (Phi) is 14.4. The lowest BCUT2D eigenvalue weighted by Crippen LogP contribution is -2.41. The minimum Gasteiger partial charge on any atom is -0.395 e. The van der Waals surface area contributed by atoms with Crippen molar-refractivity contribution in [1.82, 2.24) is 0 Å². The molecule has 0 fully saturated rings. The summed E-state index contributed by atoms with van der Waals surface area (Å²) in [5.74, 6) is 0. The van der Waals surface area contributed by atoms with Gasteiger partial charge in [-0.05, 0) is 24.0 Å². The summed E-state index contributed by atoms with van der Waals surface area (Å²) in [5.41, 5.74) is 0.0226. The van der Waals surface area contributed by atoms with E-state index in [-0.39, 0.29) is 0 Å². The van der Waals surface area contributed by atoms with E-state index in [1.165, 1.54) is 25.7 Å². The van der Waals surface area contributed by atoms with E-state index in [1.807, 2.05) is 12.1 Å². The first-order valence-electron chi connectivity index (χ1n) is 10.3. The summed E-state index contributed by atoms with van der Waals surface area (Å²) < 4.78 is 10.2. The fourth-order valence-electron chi connectivity index (χ4n) is 3.45. The quantitative estimate of drug-likeness (QED) is 0.152. The average Bonchev–Trinajstić information content (AvgIpc) is 2.73. The Labute approximate surface area is 181 Å².